The third kappa shape index (κ3) is 4.40. The summed E-state index contributed by atoms with van der Waals surface area (Å²) in [6.07, 6.45) is 7.32. The molecule has 1 atom stereocenters. The maximum atomic E-state index is 12.2. The van der Waals surface area contributed by atoms with E-state index in [9.17, 15) is 4.79 Å². The summed E-state index contributed by atoms with van der Waals surface area (Å²) in [6.45, 7) is 3.29. The maximum Gasteiger partial charge on any atom is 0.140 e. The topological polar surface area (TPSA) is 29.5 Å². The zero-order chi connectivity index (χ0) is 15.2. The number of hydrogen-bond acceptors (Lipinski definition) is 3. The summed E-state index contributed by atoms with van der Waals surface area (Å²) in [6, 6.07) is 10.5. The van der Waals surface area contributed by atoms with Crippen LogP contribution in [-0.4, -0.2) is 36.5 Å². The van der Waals surface area contributed by atoms with Gasteiger partial charge in [0.15, 0.2) is 0 Å². The second-order valence-electron chi connectivity index (χ2n) is 6.73. The van der Waals surface area contributed by atoms with Crippen molar-refractivity contribution in [2.24, 2.45) is 5.92 Å². The molecule has 1 aromatic rings. The van der Waals surface area contributed by atoms with Gasteiger partial charge in [-0.3, -0.25) is 9.69 Å². The first-order valence-corrected chi connectivity index (χ1v) is 8.72. The number of benzene rings is 1. The maximum absolute atomic E-state index is 12.2. The van der Waals surface area contributed by atoms with Gasteiger partial charge in [0.25, 0.3) is 0 Å². The Morgan fingerprint density at radius 2 is 1.86 bits per heavy atom. The van der Waals surface area contributed by atoms with Crippen molar-refractivity contribution < 1.29 is 9.53 Å². The molecule has 3 heteroatoms. The lowest BCUT2D eigenvalue weighted by atomic mass is 9.95. The van der Waals surface area contributed by atoms with Crippen molar-refractivity contribution in [3.05, 3.63) is 35.9 Å². The van der Waals surface area contributed by atoms with E-state index in [1.807, 2.05) is 6.07 Å². The molecule has 2 aliphatic rings. The van der Waals surface area contributed by atoms with Crippen molar-refractivity contribution in [3.8, 4) is 0 Å². The number of hydrogen-bond donors (Lipinski definition) is 0. The lowest BCUT2D eigenvalue weighted by Gasteiger charge is -2.33. The first-order chi connectivity index (χ1) is 10.8. The Morgan fingerprint density at radius 1 is 1.09 bits per heavy atom. The minimum Gasteiger partial charge on any atom is -0.377 e. The zero-order valence-electron chi connectivity index (χ0n) is 13.4. The van der Waals surface area contributed by atoms with Crippen LogP contribution in [0.1, 0.15) is 44.1 Å². The van der Waals surface area contributed by atoms with Crippen LogP contribution in [0.3, 0.4) is 0 Å². The molecule has 1 saturated carbocycles. The number of nitrogens with zero attached hydrogens (tertiary/aromatic N) is 1. The Morgan fingerprint density at radius 3 is 2.64 bits per heavy atom. The van der Waals surface area contributed by atoms with E-state index in [4.69, 9.17) is 4.74 Å². The van der Waals surface area contributed by atoms with Crippen LogP contribution in [-0.2, 0) is 16.1 Å². The summed E-state index contributed by atoms with van der Waals surface area (Å²) in [7, 11) is 0. The Bertz CT molecular complexity index is 468. The molecule has 0 radical (unpaired) electrons. The van der Waals surface area contributed by atoms with Gasteiger partial charge in [-0.1, -0.05) is 49.6 Å². The molecule has 22 heavy (non-hydrogen) atoms. The van der Waals surface area contributed by atoms with Crippen molar-refractivity contribution in [1.29, 1.82) is 0 Å². The van der Waals surface area contributed by atoms with Crippen LogP contribution in [0.5, 0.6) is 0 Å². The van der Waals surface area contributed by atoms with E-state index in [-0.39, 0.29) is 5.92 Å². The van der Waals surface area contributed by atoms with E-state index < -0.39 is 0 Å². The summed E-state index contributed by atoms with van der Waals surface area (Å²) < 4.78 is 6.04. The number of piperidine rings is 1. The molecule has 3 nitrogen and oxygen atoms in total. The van der Waals surface area contributed by atoms with Gasteiger partial charge in [-0.15, -0.1) is 0 Å². The molecule has 1 heterocycles. The minimum atomic E-state index is 0.0689. The first kappa shape index (κ1) is 15.7. The standard InChI is InChI=1S/C19H27NO2/c21-19-11-12-20(13-16-7-3-1-4-8-16)14-17(19)15-22-18-9-5-2-6-10-18/h1,3-4,7-8,17-18H,2,5-6,9-15H2. The van der Waals surface area contributed by atoms with E-state index in [1.165, 1.54) is 37.7 Å². The molecule has 1 aliphatic heterocycles. The van der Waals surface area contributed by atoms with Gasteiger partial charge in [0, 0.05) is 26.1 Å². The van der Waals surface area contributed by atoms with Crippen molar-refractivity contribution in [2.75, 3.05) is 19.7 Å². The lowest BCUT2D eigenvalue weighted by molar-refractivity contribution is -0.130. The van der Waals surface area contributed by atoms with Gasteiger partial charge in [-0.2, -0.15) is 0 Å². The van der Waals surface area contributed by atoms with Crippen LogP contribution < -0.4 is 0 Å². The van der Waals surface area contributed by atoms with Gasteiger partial charge >= 0.3 is 0 Å². The summed E-state index contributed by atoms with van der Waals surface area (Å²) >= 11 is 0. The summed E-state index contributed by atoms with van der Waals surface area (Å²) in [4.78, 5) is 14.6. The molecule has 1 saturated heterocycles. The van der Waals surface area contributed by atoms with E-state index in [2.05, 4.69) is 29.2 Å². The summed E-state index contributed by atoms with van der Waals surface area (Å²) in [5.41, 5.74) is 1.32. The molecular formula is C19H27NO2. The van der Waals surface area contributed by atoms with Crippen LogP contribution >= 0.6 is 0 Å². The smallest absolute Gasteiger partial charge is 0.140 e. The number of carbonyl (C=O) groups excluding carboxylic acids is 1. The predicted molar refractivity (Wildman–Crippen MR) is 87.7 cm³/mol. The third-order valence-corrected chi connectivity index (χ3v) is 4.94. The van der Waals surface area contributed by atoms with Crippen molar-refractivity contribution in [2.45, 2.75) is 51.2 Å². The van der Waals surface area contributed by atoms with Gasteiger partial charge in [-0.05, 0) is 18.4 Å². The first-order valence-electron chi connectivity index (χ1n) is 8.72. The van der Waals surface area contributed by atoms with Crippen LogP contribution in [0.25, 0.3) is 0 Å². The van der Waals surface area contributed by atoms with Gasteiger partial charge in [-0.25, -0.2) is 0 Å². The Balaban J connectivity index is 1.49. The van der Waals surface area contributed by atoms with Gasteiger partial charge in [0.2, 0.25) is 0 Å². The van der Waals surface area contributed by atoms with Crippen molar-refractivity contribution in [3.63, 3.8) is 0 Å². The largest absolute Gasteiger partial charge is 0.377 e. The van der Waals surface area contributed by atoms with Gasteiger partial charge < -0.3 is 4.74 Å². The molecule has 1 unspecified atom stereocenters. The fourth-order valence-corrected chi connectivity index (χ4v) is 3.59. The highest BCUT2D eigenvalue weighted by Gasteiger charge is 2.28. The highest BCUT2D eigenvalue weighted by molar-refractivity contribution is 5.82. The summed E-state index contributed by atoms with van der Waals surface area (Å²) in [5.74, 6) is 0.458. The minimum absolute atomic E-state index is 0.0689. The predicted octanol–water partition coefficient (Wildman–Crippen LogP) is 3.43. The van der Waals surface area contributed by atoms with Crippen molar-refractivity contribution in [1.82, 2.24) is 4.90 Å². The van der Waals surface area contributed by atoms with Crippen molar-refractivity contribution >= 4 is 5.78 Å². The highest BCUT2D eigenvalue weighted by Crippen LogP contribution is 2.22. The van der Waals surface area contributed by atoms with Gasteiger partial charge in [0.1, 0.15) is 5.78 Å². The molecule has 0 bridgehead atoms. The van der Waals surface area contributed by atoms with E-state index in [1.54, 1.807) is 0 Å². The molecule has 0 spiro atoms. The quantitative estimate of drug-likeness (QED) is 0.834. The Hall–Kier alpha value is -1.19. The average molecular weight is 301 g/mol. The Kier molecular flexibility index (Phi) is 5.63. The Labute approximate surface area is 133 Å². The van der Waals surface area contributed by atoms with Crippen LogP contribution in [0.15, 0.2) is 30.3 Å². The summed E-state index contributed by atoms with van der Waals surface area (Å²) in [5, 5.41) is 0. The number of rotatable bonds is 5. The lowest BCUT2D eigenvalue weighted by Crippen LogP contribution is -2.42. The van der Waals surface area contributed by atoms with Crippen LogP contribution in [0.2, 0.25) is 0 Å². The fraction of sp³-hybridized carbons (Fsp3) is 0.632. The molecule has 0 amide bonds. The van der Waals surface area contributed by atoms with Crippen LogP contribution in [0, 0.1) is 5.92 Å². The van der Waals surface area contributed by atoms with E-state index in [0.29, 0.717) is 24.9 Å². The fourth-order valence-electron chi connectivity index (χ4n) is 3.59. The number of ketones is 1. The zero-order valence-corrected chi connectivity index (χ0v) is 13.4. The van der Waals surface area contributed by atoms with Crippen LogP contribution in [0.4, 0.5) is 0 Å². The highest BCUT2D eigenvalue weighted by atomic mass is 16.5. The molecular weight excluding hydrogens is 274 g/mol. The monoisotopic (exact) mass is 301 g/mol. The molecule has 1 aliphatic carbocycles. The van der Waals surface area contributed by atoms with Gasteiger partial charge in [0.05, 0.1) is 18.6 Å². The number of Topliss-reactive ketones (excluding diaryl/α,β-unsaturated/α-hetero) is 1. The SMILES string of the molecule is O=C1CCN(Cc2ccccc2)CC1COC1CCCCC1. The number of ether oxygens (including phenoxy) is 1. The molecule has 0 N–H and O–H groups in total. The molecule has 0 aromatic heterocycles. The number of carbonyl (C=O) groups is 1. The third-order valence-electron chi connectivity index (χ3n) is 4.94. The second kappa shape index (κ2) is 7.89. The van der Waals surface area contributed by atoms with E-state index >= 15 is 0 Å². The molecule has 120 valence electrons. The average Bonchev–Trinajstić information content (AvgIpc) is 2.57. The normalized spacial score (nSPS) is 24.5. The molecule has 2 fully saturated rings. The molecule has 3 rings (SSSR count). The second-order valence-corrected chi connectivity index (χ2v) is 6.73. The number of likely N-dealkylation sites (tertiary alicyclic amines) is 1. The molecule has 1 aromatic carbocycles. The van der Waals surface area contributed by atoms with E-state index in [0.717, 1.165) is 19.6 Å².